The molecule has 0 bridgehead atoms. The topological polar surface area (TPSA) is 75.5 Å². The molecule has 1 aliphatic rings. The summed E-state index contributed by atoms with van der Waals surface area (Å²) in [6.07, 6.45) is 4.52. The lowest BCUT2D eigenvalue weighted by Crippen LogP contribution is -2.36. The fourth-order valence-electron chi connectivity index (χ4n) is 2.63. The molecule has 0 radical (unpaired) electrons. The van der Waals surface area contributed by atoms with Crippen molar-refractivity contribution in [3.63, 3.8) is 0 Å². The van der Waals surface area contributed by atoms with Crippen molar-refractivity contribution >= 4 is 23.4 Å². The first kappa shape index (κ1) is 15.6. The predicted molar refractivity (Wildman–Crippen MR) is 85.8 cm³/mol. The molecule has 1 aliphatic heterocycles. The van der Waals surface area contributed by atoms with Gasteiger partial charge in [0.25, 0.3) is 0 Å². The lowest BCUT2D eigenvalue weighted by Gasteiger charge is -2.22. The number of rotatable bonds is 5. The predicted octanol–water partition coefficient (Wildman–Crippen LogP) is 2.76. The van der Waals surface area contributed by atoms with Gasteiger partial charge in [0, 0.05) is 11.6 Å². The monoisotopic (exact) mass is 333 g/mol. The van der Waals surface area contributed by atoms with Crippen LogP contribution < -0.4 is 9.64 Å². The van der Waals surface area contributed by atoms with Gasteiger partial charge in [0.2, 0.25) is 5.88 Å². The molecular formula is C16H16ClN3O3. The number of anilines is 1. The van der Waals surface area contributed by atoms with Gasteiger partial charge in [-0.15, -0.1) is 0 Å². The highest BCUT2D eigenvalue weighted by molar-refractivity contribution is 6.30. The number of hydrogen-bond acceptors (Lipinski definition) is 5. The molecule has 3 rings (SSSR count). The molecule has 1 atom stereocenters. The van der Waals surface area contributed by atoms with Gasteiger partial charge in [-0.2, -0.15) is 4.98 Å². The van der Waals surface area contributed by atoms with E-state index in [0.717, 1.165) is 12.0 Å². The van der Waals surface area contributed by atoms with E-state index in [4.69, 9.17) is 16.3 Å². The lowest BCUT2D eigenvalue weighted by atomic mass is 10.2. The van der Waals surface area contributed by atoms with Gasteiger partial charge in [-0.1, -0.05) is 23.7 Å². The van der Waals surface area contributed by atoms with Crippen LogP contribution in [-0.2, 0) is 11.4 Å². The summed E-state index contributed by atoms with van der Waals surface area (Å²) in [6, 6.07) is 6.83. The minimum atomic E-state index is -0.838. The molecule has 2 heterocycles. The van der Waals surface area contributed by atoms with Crippen molar-refractivity contribution in [1.82, 2.24) is 9.97 Å². The van der Waals surface area contributed by atoms with Crippen LogP contribution >= 0.6 is 11.6 Å². The molecule has 1 aromatic heterocycles. The van der Waals surface area contributed by atoms with E-state index >= 15 is 0 Å². The first-order valence-electron chi connectivity index (χ1n) is 7.32. The molecule has 7 heteroatoms. The zero-order valence-corrected chi connectivity index (χ0v) is 13.1. The Hall–Kier alpha value is -2.34. The van der Waals surface area contributed by atoms with Crippen LogP contribution in [0.3, 0.4) is 0 Å². The maximum absolute atomic E-state index is 11.3. The standard InChI is InChI=1S/C16H16ClN3O3/c17-12-4-1-3-11(7-12)10-23-15-9-18-8-14(19-15)20-6-2-5-13(20)16(21)22/h1,3-4,7-9,13H,2,5-6,10H2,(H,21,22)/t13-/m1/s1. The number of carboxylic acids is 1. The Morgan fingerprint density at radius 3 is 3.09 bits per heavy atom. The average Bonchev–Trinajstić information content (AvgIpc) is 3.03. The molecule has 0 spiro atoms. The summed E-state index contributed by atoms with van der Waals surface area (Å²) in [7, 11) is 0. The number of hydrogen-bond donors (Lipinski definition) is 1. The number of aromatic nitrogens is 2. The van der Waals surface area contributed by atoms with E-state index in [2.05, 4.69) is 9.97 Å². The average molecular weight is 334 g/mol. The van der Waals surface area contributed by atoms with E-state index < -0.39 is 12.0 Å². The fourth-order valence-corrected chi connectivity index (χ4v) is 2.84. The Bertz CT molecular complexity index is 710. The van der Waals surface area contributed by atoms with E-state index in [1.54, 1.807) is 17.2 Å². The molecule has 0 aliphatic carbocycles. The molecule has 23 heavy (non-hydrogen) atoms. The number of carbonyl (C=O) groups is 1. The molecule has 2 aromatic rings. The van der Waals surface area contributed by atoms with Crippen molar-refractivity contribution in [3.8, 4) is 5.88 Å². The third-order valence-electron chi connectivity index (χ3n) is 3.71. The maximum atomic E-state index is 11.3. The minimum absolute atomic E-state index is 0.320. The Kier molecular flexibility index (Phi) is 4.62. The van der Waals surface area contributed by atoms with Gasteiger partial charge in [0.05, 0.1) is 12.4 Å². The van der Waals surface area contributed by atoms with Gasteiger partial charge in [0.1, 0.15) is 12.6 Å². The summed E-state index contributed by atoms with van der Waals surface area (Å²) >= 11 is 5.94. The van der Waals surface area contributed by atoms with Crippen LogP contribution in [0.5, 0.6) is 5.88 Å². The highest BCUT2D eigenvalue weighted by atomic mass is 35.5. The van der Waals surface area contributed by atoms with Crippen LogP contribution in [0.2, 0.25) is 5.02 Å². The molecule has 0 amide bonds. The smallest absolute Gasteiger partial charge is 0.326 e. The van der Waals surface area contributed by atoms with Crippen molar-refractivity contribution in [2.75, 3.05) is 11.4 Å². The number of benzene rings is 1. The minimum Gasteiger partial charge on any atom is -0.480 e. The van der Waals surface area contributed by atoms with Crippen LogP contribution in [0.1, 0.15) is 18.4 Å². The Balaban J connectivity index is 1.71. The number of nitrogens with zero attached hydrogens (tertiary/aromatic N) is 3. The molecule has 1 aromatic carbocycles. The van der Waals surface area contributed by atoms with Crippen molar-refractivity contribution in [1.29, 1.82) is 0 Å². The summed E-state index contributed by atoms with van der Waals surface area (Å²) in [5.41, 5.74) is 0.925. The van der Waals surface area contributed by atoms with Crippen molar-refractivity contribution < 1.29 is 14.6 Å². The largest absolute Gasteiger partial charge is 0.480 e. The maximum Gasteiger partial charge on any atom is 0.326 e. The van der Waals surface area contributed by atoms with Gasteiger partial charge in [-0.25, -0.2) is 4.79 Å². The lowest BCUT2D eigenvalue weighted by molar-refractivity contribution is -0.138. The third-order valence-corrected chi connectivity index (χ3v) is 3.94. The van der Waals surface area contributed by atoms with Gasteiger partial charge < -0.3 is 14.7 Å². The summed E-state index contributed by atoms with van der Waals surface area (Å²) in [6.45, 7) is 0.977. The normalized spacial score (nSPS) is 17.3. The Labute approximate surface area is 138 Å². The van der Waals surface area contributed by atoms with Crippen molar-refractivity contribution in [3.05, 3.63) is 47.2 Å². The molecular weight excluding hydrogens is 318 g/mol. The van der Waals surface area contributed by atoms with Gasteiger partial charge >= 0.3 is 5.97 Å². The second kappa shape index (κ2) is 6.83. The molecule has 120 valence electrons. The molecule has 1 N–H and O–H groups in total. The van der Waals surface area contributed by atoms with Gasteiger partial charge in [0.15, 0.2) is 5.82 Å². The molecule has 6 nitrogen and oxygen atoms in total. The Morgan fingerprint density at radius 2 is 2.30 bits per heavy atom. The van der Waals surface area contributed by atoms with Crippen LogP contribution in [0.4, 0.5) is 5.82 Å². The van der Waals surface area contributed by atoms with Gasteiger partial charge in [-0.3, -0.25) is 4.98 Å². The molecule has 1 fully saturated rings. The first-order chi connectivity index (χ1) is 11.1. The van der Waals surface area contributed by atoms with Crippen LogP contribution in [0.15, 0.2) is 36.7 Å². The number of halogens is 1. The van der Waals surface area contributed by atoms with Crippen LogP contribution in [0.25, 0.3) is 0 Å². The Morgan fingerprint density at radius 1 is 1.43 bits per heavy atom. The number of aliphatic carboxylic acids is 1. The fraction of sp³-hybridized carbons (Fsp3) is 0.312. The number of carboxylic acid groups (broad SMARTS) is 1. The molecule has 1 saturated heterocycles. The van der Waals surface area contributed by atoms with Crippen LogP contribution in [0, 0.1) is 0 Å². The molecule has 0 unspecified atom stereocenters. The van der Waals surface area contributed by atoms with E-state index in [-0.39, 0.29) is 0 Å². The quantitative estimate of drug-likeness (QED) is 0.906. The second-order valence-electron chi connectivity index (χ2n) is 5.32. The summed E-state index contributed by atoms with van der Waals surface area (Å²) in [5.74, 6) is 0.0477. The number of ether oxygens (including phenoxy) is 1. The van der Waals surface area contributed by atoms with E-state index in [0.29, 0.717) is 36.3 Å². The summed E-state index contributed by atoms with van der Waals surface area (Å²) in [5, 5.41) is 9.90. The SMILES string of the molecule is O=C(O)[C@H]1CCCN1c1cncc(OCc2cccc(Cl)c2)n1. The van der Waals surface area contributed by atoms with E-state index in [1.807, 2.05) is 18.2 Å². The molecule has 0 saturated carbocycles. The van der Waals surface area contributed by atoms with Gasteiger partial charge in [-0.05, 0) is 30.5 Å². The van der Waals surface area contributed by atoms with Crippen molar-refractivity contribution in [2.24, 2.45) is 0 Å². The highest BCUT2D eigenvalue weighted by Crippen LogP contribution is 2.25. The van der Waals surface area contributed by atoms with E-state index in [9.17, 15) is 9.90 Å². The summed E-state index contributed by atoms with van der Waals surface area (Å²) in [4.78, 5) is 21.5. The second-order valence-corrected chi connectivity index (χ2v) is 5.76. The van der Waals surface area contributed by atoms with Crippen LogP contribution in [-0.4, -0.2) is 33.6 Å². The first-order valence-corrected chi connectivity index (χ1v) is 7.70. The summed E-state index contributed by atoms with van der Waals surface area (Å²) < 4.78 is 5.64. The highest BCUT2D eigenvalue weighted by Gasteiger charge is 2.31. The van der Waals surface area contributed by atoms with E-state index in [1.165, 1.54) is 6.20 Å². The zero-order valence-electron chi connectivity index (χ0n) is 12.4. The van der Waals surface area contributed by atoms with Crippen molar-refractivity contribution in [2.45, 2.75) is 25.5 Å². The third kappa shape index (κ3) is 3.71. The zero-order chi connectivity index (χ0) is 16.2.